The highest BCUT2D eigenvalue weighted by molar-refractivity contribution is 6.33. The van der Waals surface area contributed by atoms with Crippen LogP contribution in [0.5, 0.6) is 17.2 Å². The second-order valence-electron chi connectivity index (χ2n) is 8.90. The Morgan fingerprint density at radius 2 is 1.97 bits per heavy atom. The first-order valence-corrected chi connectivity index (χ1v) is 11.1. The summed E-state index contributed by atoms with van der Waals surface area (Å²) in [5.74, 6) is 0.333. The fourth-order valence-corrected chi connectivity index (χ4v) is 3.93. The van der Waals surface area contributed by atoms with Crippen LogP contribution in [0.25, 0.3) is 0 Å². The van der Waals surface area contributed by atoms with Crippen molar-refractivity contribution in [3.63, 3.8) is 0 Å². The zero-order valence-electron chi connectivity index (χ0n) is 18.9. The first-order chi connectivity index (χ1) is 15.1. The van der Waals surface area contributed by atoms with E-state index >= 15 is 0 Å². The summed E-state index contributed by atoms with van der Waals surface area (Å²) in [4.78, 5) is 26.7. The van der Waals surface area contributed by atoms with Gasteiger partial charge in [0, 0.05) is 25.4 Å². The largest absolute Gasteiger partial charge is 0.491 e. The number of aliphatic hydroxyl groups excluding tert-OH is 1. The summed E-state index contributed by atoms with van der Waals surface area (Å²) in [6.45, 7) is 7.04. The minimum Gasteiger partial charge on any atom is -0.491 e. The van der Waals surface area contributed by atoms with Crippen molar-refractivity contribution in [1.82, 2.24) is 10.2 Å². The van der Waals surface area contributed by atoms with Crippen molar-refractivity contribution in [1.29, 1.82) is 0 Å². The quantitative estimate of drug-likeness (QED) is 0.696. The average molecular weight is 471 g/mol. The second kappa shape index (κ2) is 10.0. The monoisotopic (exact) mass is 470 g/mol. The van der Waals surface area contributed by atoms with Crippen LogP contribution in [0.3, 0.4) is 0 Å². The minimum absolute atomic E-state index is 0.149. The molecule has 0 spiro atoms. The van der Waals surface area contributed by atoms with Crippen molar-refractivity contribution >= 4 is 23.6 Å². The molecule has 2 aliphatic heterocycles. The summed E-state index contributed by atoms with van der Waals surface area (Å²) in [5.41, 5.74) is -0.357. The van der Waals surface area contributed by atoms with E-state index in [0.717, 1.165) is 0 Å². The van der Waals surface area contributed by atoms with E-state index < -0.39 is 23.7 Å². The summed E-state index contributed by atoms with van der Waals surface area (Å²) < 4.78 is 22.2. The van der Waals surface area contributed by atoms with Gasteiger partial charge in [0.1, 0.15) is 5.60 Å². The Hall–Kier alpha value is -2.39. The number of β-amino-alcohol motifs (C(OH)–C–C–N with tert-alkyl or cyclic N) is 1. The van der Waals surface area contributed by atoms with Crippen LogP contribution < -0.4 is 19.5 Å². The molecule has 2 amide bonds. The molecule has 32 heavy (non-hydrogen) atoms. The molecule has 3 rings (SSSR count). The van der Waals surface area contributed by atoms with E-state index in [4.69, 9.17) is 30.5 Å². The Bertz CT molecular complexity index is 856. The predicted octanol–water partition coefficient (Wildman–Crippen LogP) is 2.86. The number of aliphatic hydroxyl groups is 1. The van der Waals surface area contributed by atoms with Crippen LogP contribution in [-0.2, 0) is 4.74 Å². The van der Waals surface area contributed by atoms with Crippen LogP contribution in [0.1, 0.15) is 44.0 Å². The molecule has 0 unspecified atom stereocenters. The maximum atomic E-state index is 12.9. The number of piperidine rings is 1. The highest BCUT2D eigenvalue weighted by Gasteiger charge is 2.33. The molecule has 2 aliphatic rings. The van der Waals surface area contributed by atoms with Gasteiger partial charge in [0.05, 0.1) is 43.6 Å². The molecule has 1 fully saturated rings. The highest BCUT2D eigenvalue weighted by atomic mass is 35.5. The summed E-state index contributed by atoms with van der Waals surface area (Å²) >= 11 is 6.30. The summed E-state index contributed by atoms with van der Waals surface area (Å²) in [6, 6.07) is 1.49. The molecule has 9 nitrogen and oxygen atoms in total. The van der Waals surface area contributed by atoms with Gasteiger partial charge in [-0.2, -0.15) is 0 Å². The lowest BCUT2D eigenvalue weighted by Crippen LogP contribution is -2.50. The number of nitrogens with one attached hydrogen (secondary N) is 1. The molecule has 2 atom stereocenters. The van der Waals surface area contributed by atoms with Gasteiger partial charge in [0.2, 0.25) is 5.75 Å². The van der Waals surface area contributed by atoms with Crippen molar-refractivity contribution in [2.24, 2.45) is 5.92 Å². The van der Waals surface area contributed by atoms with Gasteiger partial charge in [-0.15, -0.1) is 0 Å². The number of amides is 2. The molecule has 1 aromatic rings. The Labute approximate surface area is 192 Å². The van der Waals surface area contributed by atoms with Gasteiger partial charge in [0.25, 0.3) is 5.91 Å². The third-order valence-electron chi connectivity index (χ3n) is 5.27. The molecule has 0 aliphatic carbocycles. The number of ether oxygens (including phenoxy) is 4. The van der Waals surface area contributed by atoms with Gasteiger partial charge in [-0.1, -0.05) is 11.6 Å². The lowest BCUT2D eigenvalue weighted by atomic mass is 9.94. The summed E-state index contributed by atoms with van der Waals surface area (Å²) in [7, 11) is 1.47. The molecule has 0 bridgehead atoms. The van der Waals surface area contributed by atoms with Crippen LogP contribution in [0.15, 0.2) is 6.07 Å². The number of likely N-dealkylation sites (tertiary alicyclic amines) is 1. The van der Waals surface area contributed by atoms with E-state index in [-0.39, 0.29) is 29.6 Å². The number of nitrogens with zero attached hydrogens (tertiary/aromatic N) is 1. The molecule has 1 saturated heterocycles. The van der Waals surface area contributed by atoms with E-state index in [2.05, 4.69) is 5.32 Å². The smallest absolute Gasteiger partial charge is 0.410 e. The molecule has 2 N–H and O–H groups in total. The Morgan fingerprint density at radius 3 is 2.59 bits per heavy atom. The van der Waals surface area contributed by atoms with Gasteiger partial charge >= 0.3 is 6.09 Å². The topological polar surface area (TPSA) is 107 Å². The summed E-state index contributed by atoms with van der Waals surface area (Å²) in [6.07, 6.45) is -0.0415. The number of hydrogen-bond donors (Lipinski definition) is 2. The second-order valence-corrected chi connectivity index (χ2v) is 9.31. The van der Waals surface area contributed by atoms with E-state index in [1.807, 2.05) is 0 Å². The van der Waals surface area contributed by atoms with Gasteiger partial charge in [-0.05, 0) is 33.3 Å². The van der Waals surface area contributed by atoms with Crippen molar-refractivity contribution in [3.8, 4) is 17.2 Å². The molecule has 178 valence electrons. The molecule has 0 radical (unpaired) electrons. The fraction of sp³-hybridized carbons (Fsp3) is 0.636. The number of fused-ring (bicyclic) bond motifs is 1. The molecule has 1 aromatic carbocycles. The zero-order chi connectivity index (χ0) is 23.5. The zero-order valence-corrected chi connectivity index (χ0v) is 19.7. The number of hydrogen-bond acceptors (Lipinski definition) is 7. The van der Waals surface area contributed by atoms with Gasteiger partial charge in [-0.3, -0.25) is 4.79 Å². The van der Waals surface area contributed by atoms with Crippen molar-refractivity contribution in [2.75, 3.05) is 40.0 Å². The number of carbonyl (C=O) groups is 2. The van der Waals surface area contributed by atoms with Crippen molar-refractivity contribution in [3.05, 3.63) is 16.7 Å². The Morgan fingerprint density at radius 1 is 1.28 bits per heavy atom. The Balaban J connectivity index is 1.64. The van der Waals surface area contributed by atoms with Crippen LogP contribution in [-0.4, -0.2) is 73.7 Å². The van der Waals surface area contributed by atoms with Gasteiger partial charge in [0.15, 0.2) is 11.5 Å². The first kappa shape index (κ1) is 24.3. The maximum Gasteiger partial charge on any atom is 0.410 e. The normalized spacial score (nSPS) is 20.9. The van der Waals surface area contributed by atoms with Gasteiger partial charge in [-0.25, -0.2) is 4.79 Å². The van der Waals surface area contributed by atoms with E-state index in [0.29, 0.717) is 49.8 Å². The van der Waals surface area contributed by atoms with Crippen LogP contribution in [0.4, 0.5) is 4.79 Å². The predicted molar refractivity (Wildman–Crippen MR) is 118 cm³/mol. The SMILES string of the molecule is COc1c(Cl)cc(C(=O)NC[C@@H]2CCN(C(=O)OC(C)(C)C)C[C@H]2O)c2c1OCCCO2. The number of halogens is 1. The molecule has 0 saturated carbocycles. The lowest BCUT2D eigenvalue weighted by Gasteiger charge is -2.36. The van der Waals surface area contributed by atoms with Crippen LogP contribution in [0.2, 0.25) is 5.02 Å². The molecular formula is C22H31ClN2O7. The molecule has 0 aromatic heterocycles. The van der Waals surface area contributed by atoms with Crippen molar-refractivity contribution < 1.29 is 33.6 Å². The highest BCUT2D eigenvalue weighted by Crippen LogP contribution is 2.46. The maximum absolute atomic E-state index is 12.9. The molecule has 2 heterocycles. The van der Waals surface area contributed by atoms with E-state index in [9.17, 15) is 14.7 Å². The van der Waals surface area contributed by atoms with Gasteiger partial charge < -0.3 is 34.3 Å². The third kappa shape index (κ3) is 5.69. The number of carbonyl (C=O) groups excluding carboxylic acids is 2. The molecule has 10 heteroatoms. The average Bonchev–Trinajstić information content (AvgIpc) is 2.97. The lowest BCUT2D eigenvalue weighted by molar-refractivity contribution is -0.0122. The number of rotatable bonds is 4. The molecular weight excluding hydrogens is 440 g/mol. The van der Waals surface area contributed by atoms with E-state index in [1.54, 1.807) is 20.8 Å². The Kier molecular flexibility index (Phi) is 7.61. The fourth-order valence-electron chi connectivity index (χ4n) is 3.66. The first-order valence-electron chi connectivity index (χ1n) is 10.7. The van der Waals surface area contributed by atoms with Crippen LogP contribution in [0, 0.1) is 5.92 Å². The number of methoxy groups -OCH3 is 1. The number of benzene rings is 1. The third-order valence-corrected chi connectivity index (χ3v) is 5.55. The van der Waals surface area contributed by atoms with Crippen LogP contribution >= 0.6 is 11.6 Å². The van der Waals surface area contributed by atoms with Crippen molar-refractivity contribution in [2.45, 2.75) is 45.3 Å². The van der Waals surface area contributed by atoms with E-state index in [1.165, 1.54) is 18.1 Å². The minimum atomic E-state index is -0.785. The summed E-state index contributed by atoms with van der Waals surface area (Å²) in [5, 5.41) is 13.6. The standard InChI is InChI=1S/C22H31ClN2O7/c1-22(2,3)32-21(28)25-7-6-13(16(26)12-25)11-24-20(27)14-10-15(23)18(29-4)19-17(14)30-8-5-9-31-19/h10,13,16,26H,5-9,11-12H2,1-4H3,(H,24,27)/t13-,16+/m0/s1.